The molecule has 0 radical (unpaired) electrons. The zero-order chi connectivity index (χ0) is 14.6. The Kier molecular flexibility index (Phi) is 4.82. The number of carboxylic acid groups (broad SMARTS) is 1. The van der Waals surface area contributed by atoms with Crippen LogP contribution >= 0.6 is 0 Å². The van der Waals surface area contributed by atoms with Crippen LogP contribution in [0.2, 0.25) is 0 Å². The van der Waals surface area contributed by atoms with Crippen LogP contribution in [-0.4, -0.2) is 54.0 Å². The Bertz CT molecular complexity index is 361. The molecule has 0 aromatic carbocycles. The van der Waals surface area contributed by atoms with Crippen LogP contribution in [0.1, 0.15) is 32.6 Å². The Morgan fingerprint density at radius 3 is 2.40 bits per heavy atom. The molecule has 1 aliphatic carbocycles. The first-order chi connectivity index (χ1) is 9.52. The van der Waals surface area contributed by atoms with Crippen molar-refractivity contribution in [2.75, 3.05) is 26.3 Å². The van der Waals surface area contributed by atoms with Crippen LogP contribution in [0.25, 0.3) is 0 Å². The number of aliphatic carboxylic acids is 1. The summed E-state index contributed by atoms with van der Waals surface area (Å²) in [6.45, 7) is 4.48. The Hall–Kier alpha value is -1.34. The van der Waals surface area contributed by atoms with Crippen molar-refractivity contribution in [2.24, 2.45) is 5.92 Å². The van der Waals surface area contributed by atoms with E-state index in [0.29, 0.717) is 45.1 Å². The smallest absolute Gasteiger partial charge is 0.330 e. The Balaban J connectivity index is 1.90. The van der Waals surface area contributed by atoms with Gasteiger partial charge in [0.05, 0.1) is 13.2 Å². The summed E-state index contributed by atoms with van der Waals surface area (Å²) in [6, 6.07) is -0.441. The number of rotatable bonds is 3. The number of morpholine rings is 1. The highest BCUT2D eigenvalue weighted by molar-refractivity contribution is 5.86. The summed E-state index contributed by atoms with van der Waals surface area (Å²) in [5, 5.41) is 13.9. The van der Waals surface area contributed by atoms with Gasteiger partial charge in [-0.1, -0.05) is 6.92 Å². The van der Waals surface area contributed by atoms with E-state index in [2.05, 4.69) is 17.7 Å². The lowest BCUT2D eigenvalue weighted by Crippen LogP contribution is -2.61. The van der Waals surface area contributed by atoms with Gasteiger partial charge in [0.25, 0.3) is 0 Å². The van der Waals surface area contributed by atoms with E-state index < -0.39 is 17.5 Å². The molecule has 1 saturated carbocycles. The molecule has 20 heavy (non-hydrogen) atoms. The third kappa shape index (κ3) is 3.61. The van der Waals surface area contributed by atoms with Gasteiger partial charge in [0, 0.05) is 13.1 Å². The summed E-state index contributed by atoms with van der Waals surface area (Å²) in [4.78, 5) is 23.5. The monoisotopic (exact) mass is 285 g/mol. The van der Waals surface area contributed by atoms with E-state index >= 15 is 0 Å². The van der Waals surface area contributed by atoms with E-state index in [4.69, 9.17) is 4.74 Å². The van der Waals surface area contributed by atoms with Crippen LogP contribution in [-0.2, 0) is 9.53 Å². The molecule has 0 spiro atoms. The molecule has 2 amide bonds. The molecule has 0 aromatic heterocycles. The molecule has 1 saturated heterocycles. The molecule has 2 rings (SSSR count). The van der Waals surface area contributed by atoms with E-state index in [9.17, 15) is 14.7 Å². The minimum absolute atomic E-state index is 0.441. The second kappa shape index (κ2) is 6.41. The summed E-state index contributed by atoms with van der Waals surface area (Å²) < 4.78 is 5.19. The number of urea groups is 1. The highest BCUT2D eigenvalue weighted by Crippen LogP contribution is 2.32. The second-order valence-electron chi connectivity index (χ2n) is 5.74. The van der Waals surface area contributed by atoms with E-state index in [0.717, 1.165) is 12.8 Å². The number of carbonyl (C=O) groups excluding carboxylic acids is 1. The van der Waals surface area contributed by atoms with Crippen molar-refractivity contribution in [1.29, 1.82) is 0 Å². The number of nitrogens with zero attached hydrogens (tertiary/aromatic N) is 1. The van der Waals surface area contributed by atoms with E-state index in [1.807, 2.05) is 0 Å². The summed E-state index contributed by atoms with van der Waals surface area (Å²) in [5.41, 5.74) is 1.57. The van der Waals surface area contributed by atoms with Gasteiger partial charge >= 0.3 is 12.0 Å². The Labute approximate surface area is 118 Å². The number of amides is 2. The van der Waals surface area contributed by atoms with Gasteiger partial charge in [-0.15, -0.1) is 0 Å². The van der Waals surface area contributed by atoms with Crippen molar-refractivity contribution in [3.05, 3.63) is 0 Å². The predicted molar refractivity (Wildman–Crippen MR) is 72.1 cm³/mol. The second-order valence-corrected chi connectivity index (χ2v) is 5.74. The van der Waals surface area contributed by atoms with Gasteiger partial charge in [-0.3, -0.25) is 5.43 Å². The largest absolute Gasteiger partial charge is 0.480 e. The Morgan fingerprint density at radius 1 is 1.25 bits per heavy atom. The topological polar surface area (TPSA) is 90.9 Å². The van der Waals surface area contributed by atoms with Crippen molar-refractivity contribution in [1.82, 2.24) is 15.8 Å². The molecule has 0 bridgehead atoms. The van der Waals surface area contributed by atoms with Crippen LogP contribution in [0.3, 0.4) is 0 Å². The van der Waals surface area contributed by atoms with Gasteiger partial charge in [-0.25, -0.2) is 14.6 Å². The zero-order valence-corrected chi connectivity index (χ0v) is 11.9. The van der Waals surface area contributed by atoms with Crippen molar-refractivity contribution < 1.29 is 19.4 Å². The van der Waals surface area contributed by atoms with Crippen molar-refractivity contribution in [2.45, 2.75) is 38.1 Å². The van der Waals surface area contributed by atoms with Gasteiger partial charge < -0.3 is 15.2 Å². The number of hydrogen-bond acceptors (Lipinski definition) is 4. The number of carbonyl (C=O) groups is 2. The van der Waals surface area contributed by atoms with Crippen molar-refractivity contribution in [3.8, 4) is 0 Å². The zero-order valence-electron chi connectivity index (χ0n) is 11.9. The molecule has 2 aliphatic rings. The predicted octanol–water partition coefficient (Wildman–Crippen LogP) is 0.566. The fourth-order valence-electron chi connectivity index (χ4n) is 2.71. The number of carboxylic acids is 1. The lowest BCUT2D eigenvalue weighted by atomic mass is 9.77. The average molecular weight is 285 g/mol. The van der Waals surface area contributed by atoms with Crippen molar-refractivity contribution >= 4 is 12.0 Å². The molecule has 2 fully saturated rings. The molecule has 0 unspecified atom stereocenters. The maximum absolute atomic E-state index is 12.0. The summed E-state index contributed by atoms with van der Waals surface area (Å²) in [5.74, 6) is -0.423. The fraction of sp³-hybridized carbons (Fsp3) is 0.846. The van der Waals surface area contributed by atoms with Gasteiger partial charge in [0.1, 0.15) is 5.54 Å². The SMILES string of the molecule is CC1CCC(NC(=O)NN2CCOCC2)(C(=O)O)CC1. The minimum atomic E-state index is -1.12. The van der Waals surface area contributed by atoms with Gasteiger partial charge in [0.2, 0.25) is 0 Å². The first-order valence-electron chi connectivity index (χ1n) is 7.17. The maximum atomic E-state index is 12.0. The lowest BCUT2D eigenvalue weighted by molar-refractivity contribution is -0.146. The molecule has 0 aromatic rings. The van der Waals surface area contributed by atoms with Gasteiger partial charge in [-0.05, 0) is 31.6 Å². The molecular weight excluding hydrogens is 262 g/mol. The molecule has 1 heterocycles. The molecule has 7 heteroatoms. The summed E-state index contributed by atoms with van der Waals surface area (Å²) >= 11 is 0. The molecule has 1 aliphatic heterocycles. The molecule has 0 atom stereocenters. The average Bonchev–Trinajstić information content (AvgIpc) is 2.42. The van der Waals surface area contributed by atoms with E-state index in [1.54, 1.807) is 5.01 Å². The van der Waals surface area contributed by atoms with E-state index in [1.165, 1.54) is 0 Å². The highest BCUT2D eigenvalue weighted by atomic mass is 16.5. The van der Waals surface area contributed by atoms with Crippen LogP contribution in [0, 0.1) is 5.92 Å². The lowest BCUT2D eigenvalue weighted by Gasteiger charge is -2.37. The number of ether oxygens (including phenoxy) is 1. The van der Waals surface area contributed by atoms with Crippen LogP contribution in [0.5, 0.6) is 0 Å². The van der Waals surface area contributed by atoms with E-state index in [-0.39, 0.29) is 0 Å². The van der Waals surface area contributed by atoms with Crippen molar-refractivity contribution in [3.63, 3.8) is 0 Å². The first-order valence-corrected chi connectivity index (χ1v) is 7.17. The summed E-state index contributed by atoms with van der Waals surface area (Å²) in [6.07, 6.45) is 2.62. The third-order valence-corrected chi connectivity index (χ3v) is 4.16. The standard InChI is InChI=1S/C13H23N3O4/c1-10-2-4-13(5-3-10,11(17)18)14-12(19)15-16-6-8-20-9-7-16/h10H,2-9H2,1H3,(H,17,18)(H2,14,15,19). The Morgan fingerprint density at radius 2 is 1.85 bits per heavy atom. The van der Waals surface area contributed by atoms with Gasteiger partial charge in [0.15, 0.2) is 0 Å². The quantitative estimate of drug-likeness (QED) is 0.705. The van der Waals surface area contributed by atoms with Crippen LogP contribution in [0.15, 0.2) is 0 Å². The van der Waals surface area contributed by atoms with Gasteiger partial charge in [-0.2, -0.15) is 0 Å². The molecular formula is C13H23N3O4. The molecule has 7 nitrogen and oxygen atoms in total. The summed E-state index contributed by atoms with van der Waals surface area (Å²) in [7, 11) is 0. The maximum Gasteiger partial charge on any atom is 0.330 e. The number of hydrazine groups is 1. The highest BCUT2D eigenvalue weighted by Gasteiger charge is 2.42. The third-order valence-electron chi connectivity index (χ3n) is 4.16. The first kappa shape index (κ1) is 15.1. The normalized spacial score (nSPS) is 31.6. The minimum Gasteiger partial charge on any atom is -0.480 e. The molecule has 114 valence electrons. The number of nitrogens with one attached hydrogen (secondary N) is 2. The van der Waals surface area contributed by atoms with Crippen LogP contribution in [0.4, 0.5) is 4.79 Å². The fourth-order valence-corrected chi connectivity index (χ4v) is 2.71. The van der Waals surface area contributed by atoms with Crippen LogP contribution < -0.4 is 10.7 Å². The molecule has 3 N–H and O–H groups in total. The number of hydrogen-bond donors (Lipinski definition) is 3.